The fourth-order valence-corrected chi connectivity index (χ4v) is 12.3. The Morgan fingerprint density at radius 1 is 0.939 bits per heavy atom. The molecule has 0 aromatic heterocycles. The molecule has 2 aliphatic carbocycles. The fourth-order valence-electron chi connectivity index (χ4n) is 4.58. The monoisotopic (exact) mass is 518 g/mol. The number of allylic oxidation sites excluding steroid dienone is 5. The second kappa shape index (κ2) is 10.2. The summed E-state index contributed by atoms with van der Waals surface area (Å²) in [5.41, 5.74) is 5.42. The number of phenolic OH excluding ortho intramolecular Hbond substituents is 1. The Morgan fingerprint density at radius 3 is 2.21 bits per heavy atom. The van der Waals surface area contributed by atoms with Crippen molar-refractivity contribution < 1.29 is 26.4 Å². The Balaban J connectivity index is 0.000000190. The van der Waals surface area contributed by atoms with Crippen molar-refractivity contribution in [1.29, 1.82) is 0 Å². The molecule has 1 N–H and O–H groups in total. The molecule has 0 amide bonds. The summed E-state index contributed by atoms with van der Waals surface area (Å²) in [5.74, 6) is 0.399. The van der Waals surface area contributed by atoms with Gasteiger partial charge in [0.15, 0.2) is 0 Å². The summed E-state index contributed by atoms with van der Waals surface area (Å²) in [6.07, 6.45) is 12.9. The summed E-state index contributed by atoms with van der Waals surface area (Å²) in [5, 5.41) is 9.84. The van der Waals surface area contributed by atoms with Gasteiger partial charge in [0.05, 0.1) is 0 Å². The van der Waals surface area contributed by atoms with Crippen molar-refractivity contribution in [3.05, 3.63) is 92.3 Å². The third-order valence-corrected chi connectivity index (χ3v) is 14.5. The predicted molar refractivity (Wildman–Crippen MR) is 142 cm³/mol. The Morgan fingerprint density at radius 2 is 1.64 bits per heavy atom. The van der Waals surface area contributed by atoms with Crippen LogP contribution in [-0.2, 0) is 32.1 Å². The second-order valence-corrected chi connectivity index (χ2v) is 19.0. The van der Waals surface area contributed by atoms with Gasteiger partial charge in [0.25, 0.3) is 0 Å². The van der Waals surface area contributed by atoms with E-state index in [0.717, 1.165) is 9.19 Å². The van der Waals surface area contributed by atoms with Crippen LogP contribution in [0.5, 0.6) is 5.75 Å². The quantitative estimate of drug-likeness (QED) is 0.422. The van der Waals surface area contributed by atoms with Gasteiger partial charge in [0.2, 0.25) is 0 Å². The van der Waals surface area contributed by atoms with Crippen LogP contribution >= 0.6 is 0 Å². The van der Waals surface area contributed by atoms with E-state index >= 15 is 0 Å². The Hall–Kier alpha value is -1.79. The molecule has 2 aromatic carbocycles. The Bertz CT molecular complexity index is 1130. The SMILES string of the molecule is CC(C)(C)c1ccc(O)c(C(C)(C)C)c1.C[C](C)=[Zr]([C]1=CC=CC1)[CH]1C=Cc2ccccc21. The first kappa shape index (κ1) is 25.8. The van der Waals surface area contributed by atoms with Crippen LogP contribution in [0.25, 0.3) is 6.08 Å². The molecule has 0 spiro atoms. The predicted octanol–water partition coefficient (Wildman–Crippen LogP) is 8.42. The standard InChI is InChI=1S/C14H22O.C9H7.C5H5.C3H6.Zr/c1-13(2,3)10-7-8-12(15)11(9-10)14(4,5)6;1-2-5-9-7-3-6-8(9)4-1;1-2-4-5-3-1;1-3-2;/h7-9,15H,1-6H3;1-7H;1-3H,4H2;1-2H3;. The summed E-state index contributed by atoms with van der Waals surface area (Å²) >= 11 is -1.68. The van der Waals surface area contributed by atoms with Crippen LogP contribution in [0.2, 0.25) is 0 Å². The molecule has 0 saturated carbocycles. The first-order chi connectivity index (χ1) is 15.4. The summed E-state index contributed by atoms with van der Waals surface area (Å²) in [7, 11) is 0. The van der Waals surface area contributed by atoms with Crippen molar-refractivity contribution in [2.24, 2.45) is 0 Å². The topological polar surface area (TPSA) is 20.2 Å². The molecule has 0 fully saturated rings. The maximum atomic E-state index is 9.84. The van der Waals surface area contributed by atoms with Gasteiger partial charge in [-0.15, -0.1) is 0 Å². The molecular formula is C31H40OZr. The molecular weight excluding hydrogens is 480 g/mol. The molecule has 1 unspecified atom stereocenters. The van der Waals surface area contributed by atoms with E-state index in [1.165, 1.54) is 17.5 Å². The molecule has 0 radical (unpaired) electrons. The average molecular weight is 520 g/mol. The van der Waals surface area contributed by atoms with Gasteiger partial charge in [-0.05, 0) is 28.0 Å². The van der Waals surface area contributed by atoms with Gasteiger partial charge in [0.1, 0.15) is 5.75 Å². The van der Waals surface area contributed by atoms with Gasteiger partial charge in [-0.1, -0.05) is 53.7 Å². The molecule has 1 nitrogen and oxygen atoms in total. The van der Waals surface area contributed by atoms with E-state index in [1.54, 1.807) is 18.1 Å². The van der Waals surface area contributed by atoms with Crippen LogP contribution in [0.4, 0.5) is 0 Å². The molecule has 1 atom stereocenters. The zero-order valence-electron chi connectivity index (χ0n) is 21.7. The molecule has 2 aliphatic rings. The third-order valence-electron chi connectivity index (χ3n) is 6.44. The molecule has 2 aromatic rings. The van der Waals surface area contributed by atoms with Gasteiger partial charge in [-0.3, -0.25) is 0 Å². The molecule has 33 heavy (non-hydrogen) atoms. The number of fused-ring (bicyclic) bond motifs is 1. The van der Waals surface area contributed by atoms with Crippen LogP contribution < -0.4 is 0 Å². The van der Waals surface area contributed by atoms with Gasteiger partial charge in [-0.2, -0.15) is 0 Å². The van der Waals surface area contributed by atoms with Crippen LogP contribution in [-0.4, -0.2) is 8.31 Å². The zero-order valence-corrected chi connectivity index (χ0v) is 24.1. The van der Waals surface area contributed by atoms with E-state index in [0.29, 0.717) is 5.75 Å². The van der Waals surface area contributed by atoms with E-state index < -0.39 is 21.3 Å². The van der Waals surface area contributed by atoms with Crippen molar-refractivity contribution >= 4 is 9.28 Å². The van der Waals surface area contributed by atoms with Gasteiger partial charge in [-0.25, -0.2) is 0 Å². The number of aromatic hydroxyl groups is 1. The second-order valence-electron chi connectivity index (χ2n) is 11.4. The Labute approximate surface area is 209 Å². The van der Waals surface area contributed by atoms with E-state index in [1.807, 2.05) is 6.07 Å². The Kier molecular flexibility index (Phi) is 8.00. The van der Waals surface area contributed by atoms with Crippen molar-refractivity contribution in [3.63, 3.8) is 0 Å². The zero-order chi connectivity index (χ0) is 24.4. The maximum absolute atomic E-state index is 9.84. The van der Waals surface area contributed by atoms with Crippen LogP contribution in [0.3, 0.4) is 0 Å². The summed E-state index contributed by atoms with van der Waals surface area (Å²) in [6, 6.07) is 14.8. The molecule has 2 heteroatoms. The normalized spacial score (nSPS) is 16.7. The number of benzene rings is 2. The molecule has 0 bridgehead atoms. The molecule has 0 aliphatic heterocycles. The van der Waals surface area contributed by atoms with Crippen molar-refractivity contribution in [1.82, 2.24) is 0 Å². The van der Waals surface area contributed by atoms with E-state index in [4.69, 9.17) is 0 Å². The van der Waals surface area contributed by atoms with Crippen LogP contribution in [0.1, 0.15) is 87.7 Å². The number of phenols is 1. The summed E-state index contributed by atoms with van der Waals surface area (Å²) in [6.45, 7) is 17.6. The minimum atomic E-state index is -1.68. The van der Waals surface area contributed by atoms with Crippen molar-refractivity contribution in [2.45, 2.75) is 76.3 Å². The first-order valence-corrected chi connectivity index (χ1v) is 15.9. The van der Waals surface area contributed by atoms with E-state index in [9.17, 15) is 5.11 Å². The van der Waals surface area contributed by atoms with E-state index in [-0.39, 0.29) is 10.8 Å². The summed E-state index contributed by atoms with van der Waals surface area (Å²) < 4.78 is 4.18. The number of hydrogen-bond donors (Lipinski definition) is 1. The third kappa shape index (κ3) is 6.21. The van der Waals surface area contributed by atoms with Crippen LogP contribution in [0.15, 0.2) is 70.0 Å². The minimum absolute atomic E-state index is 0.00859. The van der Waals surface area contributed by atoms with Crippen molar-refractivity contribution in [2.75, 3.05) is 0 Å². The number of hydrogen-bond acceptors (Lipinski definition) is 1. The molecule has 4 rings (SSSR count). The average Bonchev–Trinajstić information content (AvgIpc) is 3.38. The van der Waals surface area contributed by atoms with Gasteiger partial charge >= 0.3 is 117 Å². The summed E-state index contributed by atoms with van der Waals surface area (Å²) in [4.78, 5) is 0. The number of rotatable bonds is 2. The fraction of sp³-hybridized carbons (Fsp3) is 0.387. The van der Waals surface area contributed by atoms with Gasteiger partial charge < -0.3 is 5.11 Å². The van der Waals surface area contributed by atoms with E-state index in [2.05, 4.69) is 116 Å². The molecule has 0 heterocycles. The molecule has 0 saturated heterocycles. The molecule has 174 valence electrons. The van der Waals surface area contributed by atoms with Gasteiger partial charge in [0, 0.05) is 0 Å². The van der Waals surface area contributed by atoms with Crippen molar-refractivity contribution in [3.8, 4) is 5.75 Å². The first-order valence-electron chi connectivity index (χ1n) is 12.0. The van der Waals surface area contributed by atoms with Crippen LogP contribution in [0, 0.1) is 0 Å².